The highest BCUT2D eigenvalue weighted by Gasteiger charge is 2.42. The zero-order chi connectivity index (χ0) is 12.6. The van der Waals surface area contributed by atoms with Crippen LogP contribution in [0.1, 0.15) is 23.6 Å². The van der Waals surface area contributed by atoms with Gasteiger partial charge in [-0.1, -0.05) is 0 Å². The fourth-order valence-electron chi connectivity index (χ4n) is 1.62. The van der Waals surface area contributed by atoms with E-state index in [1.165, 1.54) is 0 Å². The van der Waals surface area contributed by atoms with E-state index < -0.39 is 41.7 Å². The first-order chi connectivity index (χ1) is 7.89. The number of cyclic esters (lactones) is 2. The fraction of sp³-hybridized carbons (Fsp3) is 0.300. The highest BCUT2D eigenvalue weighted by atomic mass is 19.4. The molecule has 1 aliphatic rings. The van der Waals surface area contributed by atoms with Crippen molar-refractivity contribution in [3.05, 3.63) is 29.6 Å². The molecule has 4 nitrogen and oxygen atoms in total. The highest BCUT2D eigenvalue weighted by molar-refractivity contribution is 5.97. The van der Waals surface area contributed by atoms with Crippen LogP contribution < -0.4 is 0 Å². The van der Waals surface area contributed by atoms with Crippen LogP contribution in [0.5, 0.6) is 0 Å². The van der Waals surface area contributed by atoms with E-state index in [4.69, 9.17) is 0 Å². The number of ether oxygens (including phenoxy) is 1. The van der Waals surface area contributed by atoms with Crippen LogP contribution in [-0.2, 0) is 20.5 Å². The summed E-state index contributed by atoms with van der Waals surface area (Å²) in [6, 6.07) is 1.94. The SMILES string of the molecule is O=C1CC(c2ncccc2C(F)(F)F)C(=O)O1. The molecule has 1 aromatic heterocycles. The van der Waals surface area contributed by atoms with Gasteiger partial charge >= 0.3 is 18.1 Å². The van der Waals surface area contributed by atoms with Crippen LogP contribution in [0, 0.1) is 0 Å². The van der Waals surface area contributed by atoms with E-state index in [2.05, 4.69) is 9.72 Å². The van der Waals surface area contributed by atoms with Crippen molar-refractivity contribution in [3.8, 4) is 0 Å². The second-order valence-electron chi connectivity index (χ2n) is 3.48. The van der Waals surface area contributed by atoms with Crippen LogP contribution in [0.15, 0.2) is 18.3 Å². The van der Waals surface area contributed by atoms with Crippen molar-refractivity contribution in [2.24, 2.45) is 0 Å². The predicted molar refractivity (Wildman–Crippen MR) is 47.7 cm³/mol. The molecular weight excluding hydrogens is 239 g/mol. The number of esters is 2. The van der Waals surface area contributed by atoms with Gasteiger partial charge in [-0.25, -0.2) is 0 Å². The molecule has 0 bridgehead atoms. The first-order valence-corrected chi connectivity index (χ1v) is 4.66. The third-order valence-electron chi connectivity index (χ3n) is 2.34. The lowest BCUT2D eigenvalue weighted by Gasteiger charge is -2.13. The summed E-state index contributed by atoms with van der Waals surface area (Å²) in [5.41, 5.74) is -1.48. The minimum atomic E-state index is -4.62. The summed E-state index contributed by atoms with van der Waals surface area (Å²) < 4.78 is 42.2. The van der Waals surface area contributed by atoms with E-state index in [1.54, 1.807) is 0 Å². The summed E-state index contributed by atoms with van der Waals surface area (Å²) in [7, 11) is 0. The second-order valence-corrected chi connectivity index (χ2v) is 3.48. The highest BCUT2D eigenvalue weighted by Crippen LogP contribution is 2.37. The van der Waals surface area contributed by atoms with Gasteiger partial charge in [0.05, 0.1) is 17.7 Å². The van der Waals surface area contributed by atoms with Crippen LogP contribution in [0.4, 0.5) is 13.2 Å². The summed E-state index contributed by atoms with van der Waals surface area (Å²) >= 11 is 0. The third-order valence-corrected chi connectivity index (χ3v) is 2.34. The number of carbonyl (C=O) groups is 2. The molecule has 1 aromatic rings. The zero-order valence-corrected chi connectivity index (χ0v) is 8.32. The van der Waals surface area contributed by atoms with Crippen LogP contribution in [-0.4, -0.2) is 16.9 Å². The zero-order valence-electron chi connectivity index (χ0n) is 8.32. The Labute approximate surface area is 93.4 Å². The summed E-state index contributed by atoms with van der Waals surface area (Å²) in [6.07, 6.45) is -3.88. The van der Waals surface area contributed by atoms with Crippen LogP contribution in [0.2, 0.25) is 0 Å². The van der Waals surface area contributed by atoms with Gasteiger partial charge in [-0.2, -0.15) is 13.2 Å². The normalized spacial score (nSPS) is 20.5. The van der Waals surface area contributed by atoms with Crippen molar-refractivity contribution in [3.63, 3.8) is 0 Å². The van der Waals surface area contributed by atoms with Crippen molar-refractivity contribution in [1.82, 2.24) is 4.98 Å². The van der Waals surface area contributed by atoms with Gasteiger partial charge in [-0.3, -0.25) is 14.6 Å². The lowest BCUT2D eigenvalue weighted by molar-refractivity contribution is -0.152. The Morgan fingerprint density at radius 3 is 2.59 bits per heavy atom. The Balaban J connectivity index is 2.46. The Hall–Kier alpha value is -1.92. The summed E-state index contributed by atoms with van der Waals surface area (Å²) in [4.78, 5) is 25.6. The molecule has 0 N–H and O–H groups in total. The molecule has 1 saturated heterocycles. The summed E-state index contributed by atoms with van der Waals surface area (Å²) in [6.45, 7) is 0. The molecule has 0 spiro atoms. The minimum Gasteiger partial charge on any atom is -0.393 e. The van der Waals surface area contributed by atoms with Crippen molar-refractivity contribution < 1.29 is 27.5 Å². The number of pyridine rings is 1. The topological polar surface area (TPSA) is 56.3 Å². The Bertz CT molecular complexity index is 484. The summed E-state index contributed by atoms with van der Waals surface area (Å²) in [5.74, 6) is -3.08. The molecule has 1 aliphatic heterocycles. The van der Waals surface area contributed by atoms with Gasteiger partial charge in [0.2, 0.25) is 0 Å². The van der Waals surface area contributed by atoms with Crippen molar-refractivity contribution >= 4 is 11.9 Å². The molecule has 90 valence electrons. The predicted octanol–water partition coefficient (Wildman–Crippen LogP) is 1.66. The molecule has 7 heteroatoms. The lowest BCUT2D eigenvalue weighted by Crippen LogP contribution is -2.16. The van der Waals surface area contributed by atoms with Crippen molar-refractivity contribution in [2.75, 3.05) is 0 Å². The van der Waals surface area contributed by atoms with E-state index in [9.17, 15) is 22.8 Å². The van der Waals surface area contributed by atoms with Crippen LogP contribution in [0.3, 0.4) is 0 Å². The molecule has 2 rings (SSSR count). The maximum atomic E-state index is 12.6. The fourth-order valence-corrected chi connectivity index (χ4v) is 1.62. The number of nitrogens with zero attached hydrogens (tertiary/aromatic N) is 1. The molecule has 2 heterocycles. The Morgan fingerprint density at radius 2 is 2.06 bits per heavy atom. The average molecular weight is 245 g/mol. The molecule has 1 fully saturated rings. The standard InChI is InChI=1S/C10H6F3NO3/c11-10(12,13)6-2-1-3-14-8(6)5-4-7(15)17-9(5)16/h1-3,5H,4H2. The van der Waals surface area contributed by atoms with E-state index in [-0.39, 0.29) is 0 Å². The van der Waals surface area contributed by atoms with Gasteiger partial charge < -0.3 is 4.74 Å². The first-order valence-electron chi connectivity index (χ1n) is 4.66. The van der Waals surface area contributed by atoms with Gasteiger partial charge in [0, 0.05) is 6.20 Å². The smallest absolute Gasteiger partial charge is 0.393 e. The maximum Gasteiger partial charge on any atom is 0.418 e. The number of rotatable bonds is 1. The van der Waals surface area contributed by atoms with Crippen LogP contribution in [0.25, 0.3) is 0 Å². The van der Waals surface area contributed by atoms with Gasteiger partial charge in [0.25, 0.3) is 0 Å². The number of hydrogen-bond donors (Lipinski definition) is 0. The molecule has 1 atom stereocenters. The quantitative estimate of drug-likeness (QED) is 0.557. The monoisotopic (exact) mass is 245 g/mol. The number of halogens is 3. The largest absolute Gasteiger partial charge is 0.418 e. The molecule has 0 amide bonds. The number of hydrogen-bond acceptors (Lipinski definition) is 4. The molecule has 1 unspecified atom stereocenters. The van der Waals surface area contributed by atoms with Crippen molar-refractivity contribution in [2.45, 2.75) is 18.5 Å². The molecule has 0 saturated carbocycles. The Kier molecular flexibility index (Phi) is 2.60. The van der Waals surface area contributed by atoms with Crippen molar-refractivity contribution in [1.29, 1.82) is 0 Å². The number of alkyl halides is 3. The Morgan fingerprint density at radius 1 is 1.35 bits per heavy atom. The van der Waals surface area contributed by atoms with Gasteiger partial charge in [-0.15, -0.1) is 0 Å². The average Bonchev–Trinajstić information content (AvgIpc) is 2.56. The molecular formula is C10H6F3NO3. The van der Waals surface area contributed by atoms with Gasteiger partial charge in [0.1, 0.15) is 5.92 Å². The van der Waals surface area contributed by atoms with Gasteiger partial charge in [0.15, 0.2) is 0 Å². The molecule has 0 aliphatic carbocycles. The van der Waals surface area contributed by atoms with E-state index >= 15 is 0 Å². The maximum absolute atomic E-state index is 12.6. The van der Waals surface area contributed by atoms with Gasteiger partial charge in [-0.05, 0) is 12.1 Å². The van der Waals surface area contributed by atoms with E-state index in [1.807, 2.05) is 0 Å². The van der Waals surface area contributed by atoms with E-state index in [0.29, 0.717) is 0 Å². The third kappa shape index (κ3) is 2.13. The number of aromatic nitrogens is 1. The minimum absolute atomic E-state index is 0.404. The molecule has 17 heavy (non-hydrogen) atoms. The molecule has 0 aromatic carbocycles. The molecule has 0 radical (unpaired) electrons. The first kappa shape index (κ1) is 11.6. The second kappa shape index (κ2) is 3.83. The number of carbonyl (C=O) groups excluding carboxylic acids is 2. The lowest BCUT2D eigenvalue weighted by atomic mass is 9.98. The summed E-state index contributed by atoms with van der Waals surface area (Å²) in [5, 5.41) is 0. The van der Waals surface area contributed by atoms with Crippen LogP contribution >= 0.6 is 0 Å². The van der Waals surface area contributed by atoms with E-state index in [0.717, 1.165) is 18.3 Å².